The summed E-state index contributed by atoms with van der Waals surface area (Å²) in [6, 6.07) is 9.54. The van der Waals surface area contributed by atoms with E-state index in [-0.39, 0.29) is 5.22 Å². The molecule has 0 saturated carbocycles. The monoisotopic (exact) mass is 223 g/mol. The van der Waals surface area contributed by atoms with Crippen molar-refractivity contribution < 1.29 is 9.26 Å². The van der Waals surface area contributed by atoms with Gasteiger partial charge in [0.25, 0.3) is 0 Å². The van der Waals surface area contributed by atoms with Crippen molar-refractivity contribution in [3.8, 4) is 11.3 Å². The maximum absolute atomic E-state index is 5.68. The first-order chi connectivity index (χ1) is 7.31. The van der Waals surface area contributed by atoms with Crippen molar-refractivity contribution >= 4 is 11.6 Å². The number of rotatable bonds is 3. The average Bonchev–Trinajstić information content (AvgIpc) is 2.66. The van der Waals surface area contributed by atoms with Gasteiger partial charge in [-0.1, -0.05) is 29.4 Å². The minimum absolute atomic E-state index is 0.289. The molecule has 1 heterocycles. The predicted octanol–water partition coefficient (Wildman–Crippen LogP) is 3.14. The number of methoxy groups -OCH3 is 1. The molecule has 0 unspecified atom stereocenters. The number of benzene rings is 1. The standard InChI is InChI=1S/C11H10ClNO2/c1-14-7-8-4-2-3-5-9(8)10-6-11(12)15-13-10/h2-6H,7H2,1H3. The fourth-order valence-electron chi connectivity index (χ4n) is 1.43. The first kappa shape index (κ1) is 10.2. The van der Waals surface area contributed by atoms with E-state index in [0.717, 1.165) is 16.8 Å². The van der Waals surface area contributed by atoms with Crippen molar-refractivity contribution in [3.63, 3.8) is 0 Å². The first-order valence-electron chi connectivity index (χ1n) is 4.50. The van der Waals surface area contributed by atoms with Crippen LogP contribution < -0.4 is 0 Å². The number of ether oxygens (including phenoxy) is 1. The molecule has 3 nitrogen and oxygen atoms in total. The van der Waals surface area contributed by atoms with Gasteiger partial charge in [-0.15, -0.1) is 0 Å². The Bertz CT molecular complexity index is 453. The van der Waals surface area contributed by atoms with Crippen molar-refractivity contribution in [3.05, 3.63) is 41.1 Å². The van der Waals surface area contributed by atoms with Gasteiger partial charge in [0.15, 0.2) is 0 Å². The normalized spacial score (nSPS) is 10.5. The summed E-state index contributed by atoms with van der Waals surface area (Å²) >= 11 is 5.68. The van der Waals surface area contributed by atoms with Gasteiger partial charge in [0.1, 0.15) is 5.69 Å². The molecule has 0 atom stereocenters. The Morgan fingerprint density at radius 3 is 2.87 bits per heavy atom. The lowest BCUT2D eigenvalue weighted by molar-refractivity contribution is 0.185. The van der Waals surface area contributed by atoms with Crippen molar-refractivity contribution in [2.45, 2.75) is 6.61 Å². The third-order valence-electron chi connectivity index (χ3n) is 2.07. The number of aromatic nitrogens is 1. The van der Waals surface area contributed by atoms with Crippen LogP contribution >= 0.6 is 11.6 Å². The number of halogens is 1. The maximum Gasteiger partial charge on any atom is 0.226 e. The molecular formula is C11H10ClNO2. The van der Waals surface area contributed by atoms with Gasteiger partial charge in [-0.2, -0.15) is 0 Å². The highest BCUT2D eigenvalue weighted by molar-refractivity contribution is 6.29. The average molecular weight is 224 g/mol. The largest absolute Gasteiger partial charge is 0.380 e. The van der Waals surface area contributed by atoms with Crippen LogP contribution in [0.5, 0.6) is 0 Å². The Labute approximate surface area is 92.6 Å². The molecule has 78 valence electrons. The topological polar surface area (TPSA) is 35.3 Å². The van der Waals surface area contributed by atoms with Crippen LogP contribution in [-0.2, 0) is 11.3 Å². The van der Waals surface area contributed by atoms with Gasteiger partial charge in [-0.3, -0.25) is 0 Å². The minimum Gasteiger partial charge on any atom is -0.380 e. The summed E-state index contributed by atoms with van der Waals surface area (Å²) in [7, 11) is 1.66. The van der Waals surface area contributed by atoms with Crippen molar-refractivity contribution in [1.82, 2.24) is 5.16 Å². The number of hydrogen-bond acceptors (Lipinski definition) is 3. The second-order valence-corrected chi connectivity index (χ2v) is 3.48. The van der Waals surface area contributed by atoms with Crippen molar-refractivity contribution in [2.24, 2.45) is 0 Å². The highest BCUT2D eigenvalue weighted by atomic mass is 35.5. The molecule has 0 N–H and O–H groups in total. The second-order valence-electron chi connectivity index (χ2n) is 3.11. The molecule has 2 aromatic rings. The lowest BCUT2D eigenvalue weighted by Gasteiger charge is -2.04. The molecule has 1 aromatic heterocycles. The number of nitrogens with zero attached hydrogens (tertiary/aromatic N) is 1. The molecule has 0 aliphatic carbocycles. The van der Waals surface area contributed by atoms with E-state index in [1.54, 1.807) is 13.2 Å². The Hall–Kier alpha value is -1.32. The summed E-state index contributed by atoms with van der Waals surface area (Å²) in [5.41, 5.74) is 2.77. The molecule has 0 amide bonds. The summed E-state index contributed by atoms with van der Waals surface area (Å²) in [5, 5.41) is 4.16. The third kappa shape index (κ3) is 2.19. The molecular weight excluding hydrogens is 214 g/mol. The molecule has 0 radical (unpaired) electrons. The number of hydrogen-bond donors (Lipinski definition) is 0. The van der Waals surface area contributed by atoms with E-state index >= 15 is 0 Å². The quantitative estimate of drug-likeness (QED) is 0.802. The predicted molar refractivity (Wildman–Crippen MR) is 57.7 cm³/mol. The van der Waals surface area contributed by atoms with E-state index in [1.165, 1.54) is 0 Å². The highest BCUT2D eigenvalue weighted by Gasteiger charge is 2.08. The lowest BCUT2D eigenvalue weighted by atomic mass is 10.1. The molecule has 2 rings (SSSR count). The lowest BCUT2D eigenvalue weighted by Crippen LogP contribution is -1.91. The van der Waals surface area contributed by atoms with Gasteiger partial charge in [-0.05, 0) is 17.2 Å². The van der Waals surface area contributed by atoms with Crippen LogP contribution in [0.15, 0.2) is 34.9 Å². The summed E-state index contributed by atoms with van der Waals surface area (Å²) in [5.74, 6) is 0. The van der Waals surface area contributed by atoms with Gasteiger partial charge in [-0.25, -0.2) is 0 Å². The molecule has 0 aliphatic rings. The second kappa shape index (κ2) is 4.47. The SMILES string of the molecule is COCc1ccccc1-c1cc(Cl)on1. The fourth-order valence-corrected chi connectivity index (χ4v) is 1.57. The highest BCUT2D eigenvalue weighted by Crippen LogP contribution is 2.25. The van der Waals surface area contributed by atoms with Gasteiger partial charge in [0.2, 0.25) is 5.22 Å². The first-order valence-corrected chi connectivity index (χ1v) is 4.88. The van der Waals surface area contributed by atoms with E-state index < -0.39 is 0 Å². The molecule has 1 aromatic carbocycles. The van der Waals surface area contributed by atoms with Crippen LogP contribution in [0.3, 0.4) is 0 Å². The Kier molecular flexibility index (Phi) is 3.04. The van der Waals surface area contributed by atoms with E-state index in [4.69, 9.17) is 20.9 Å². The zero-order valence-electron chi connectivity index (χ0n) is 8.24. The smallest absolute Gasteiger partial charge is 0.226 e. The minimum atomic E-state index is 0.289. The van der Waals surface area contributed by atoms with E-state index in [2.05, 4.69) is 5.16 Å². The van der Waals surface area contributed by atoms with Gasteiger partial charge in [0.05, 0.1) is 6.61 Å². The van der Waals surface area contributed by atoms with E-state index in [1.807, 2.05) is 24.3 Å². The Morgan fingerprint density at radius 1 is 1.40 bits per heavy atom. The van der Waals surface area contributed by atoms with E-state index in [0.29, 0.717) is 6.61 Å². The fraction of sp³-hybridized carbons (Fsp3) is 0.182. The van der Waals surface area contributed by atoms with Gasteiger partial charge < -0.3 is 9.26 Å². The molecule has 0 bridgehead atoms. The van der Waals surface area contributed by atoms with Crippen LogP contribution in [0.25, 0.3) is 11.3 Å². The summed E-state index contributed by atoms with van der Waals surface area (Å²) in [6.45, 7) is 0.542. The Morgan fingerprint density at radius 2 is 2.20 bits per heavy atom. The van der Waals surface area contributed by atoms with Crippen molar-refractivity contribution in [2.75, 3.05) is 7.11 Å². The zero-order valence-corrected chi connectivity index (χ0v) is 8.99. The Balaban J connectivity index is 2.42. The van der Waals surface area contributed by atoms with Crippen LogP contribution in [-0.4, -0.2) is 12.3 Å². The summed E-state index contributed by atoms with van der Waals surface area (Å²) in [4.78, 5) is 0. The van der Waals surface area contributed by atoms with Crippen LogP contribution in [0.1, 0.15) is 5.56 Å². The van der Waals surface area contributed by atoms with E-state index in [9.17, 15) is 0 Å². The molecule has 0 aliphatic heterocycles. The van der Waals surface area contributed by atoms with Crippen LogP contribution in [0.4, 0.5) is 0 Å². The molecule has 0 saturated heterocycles. The molecule has 0 spiro atoms. The molecule has 4 heteroatoms. The molecule has 0 fully saturated rings. The zero-order chi connectivity index (χ0) is 10.7. The summed E-state index contributed by atoms with van der Waals surface area (Å²) in [6.07, 6.45) is 0. The van der Waals surface area contributed by atoms with Gasteiger partial charge in [0, 0.05) is 18.7 Å². The van der Waals surface area contributed by atoms with Crippen molar-refractivity contribution in [1.29, 1.82) is 0 Å². The van der Waals surface area contributed by atoms with Gasteiger partial charge >= 0.3 is 0 Å². The summed E-state index contributed by atoms with van der Waals surface area (Å²) < 4.78 is 9.93. The third-order valence-corrected chi connectivity index (χ3v) is 2.25. The maximum atomic E-state index is 5.68. The van der Waals surface area contributed by atoms with Crippen LogP contribution in [0, 0.1) is 0 Å². The van der Waals surface area contributed by atoms with Crippen LogP contribution in [0.2, 0.25) is 5.22 Å². The molecule has 15 heavy (non-hydrogen) atoms.